The van der Waals surface area contributed by atoms with Gasteiger partial charge in [0.15, 0.2) is 5.16 Å². The van der Waals surface area contributed by atoms with Crippen LogP contribution in [0.4, 0.5) is 0 Å². The fraction of sp³-hybridized carbons (Fsp3) is 0.154. The highest BCUT2D eigenvalue weighted by molar-refractivity contribution is 7.99. The number of hydrazone groups is 1. The second-order valence-electron chi connectivity index (χ2n) is 7.55. The normalized spacial score (nSPS) is 11.1. The average Bonchev–Trinajstić information content (AvgIpc) is 2.81. The van der Waals surface area contributed by atoms with Crippen LogP contribution in [-0.4, -0.2) is 27.8 Å². The van der Waals surface area contributed by atoms with E-state index in [2.05, 4.69) is 50.8 Å². The van der Waals surface area contributed by atoms with Gasteiger partial charge in [-0.1, -0.05) is 48.2 Å². The van der Waals surface area contributed by atoms with E-state index >= 15 is 0 Å². The molecule has 0 aliphatic carbocycles. The molecule has 0 bridgehead atoms. The lowest BCUT2D eigenvalue weighted by molar-refractivity contribution is -0.118. The third-order valence-electron chi connectivity index (χ3n) is 4.80. The lowest BCUT2D eigenvalue weighted by Gasteiger charge is -2.07. The van der Waals surface area contributed by atoms with Gasteiger partial charge >= 0.3 is 0 Å². The molecule has 1 amide bonds. The van der Waals surface area contributed by atoms with Crippen LogP contribution in [0.1, 0.15) is 22.5 Å². The van der Waals surface area contributed by atoms with E-state index in [-0.39, 0.29) is 11.7 Å². The molecule has 1 heterocycles. The van der Waals surface area contributed by atoms with Crippen LogP contribution in [0.5, 0.6) is 5.75 Å². The summed E-state index contributed by atoms with van der Waals surface area (Å²) in [5.74, 6) is 0.755. The van der Waals surface area contributed by atoms with Crippen molar-refractivity contribution in [2.24, 2.45) is 5.10 Å². The fourth-order valence-electron chi connectivity index (χ4n) is 3.24. The SMILES string of the molecule is Cc1cc(C)nc(SCC(=O)N/N=C/c2ccc(OCc3ccc4ccccc4c3)cc2)n1. The number of fused-ring (bicyclic) bond motifs is 1. The first-order valence-electron chi connectivity index (χ1n) is 10.5. The number of nitrogens with zero attached hydrogens (tertiary/aromatic N) is 3. The lowest BCUT2D eigenvalue weighted by atomic mass is 10.1. The number of rotatable bonds is 8. The second kappa shape index (κ2) is 10.7. The van der Waals surface area contributed by atoms with Crippen LogP contribution < -0.4 is 10.2 Å². The summed E-state index contributed by atoms with van der Waals surface area (Å²) in [6.07, 6.45) is 1.60. The highest BCUT2D eigenvalue weighted by Crippen LogP contribution is 2.18. The van der Waals surface area contributed by atoms with Gasteiger partial charge in [0.25, 0.3) is 5.91 Å². The number of amides is 1. The van der Waals surface area contributed by atoms with E-state index in [4.69, 9.17) is 4.74 Å². The zero-order chi connectivity index (χ0) is 23.0. The van der Waals surface area contributed by atoms with Gasteiger partial charge in [0.1, 0.15) is 12.4 Å². The highest BCUT2D eigenvalue weighted by Gasteiger charge is 2.05. The molecule has 0 atom stereocenters. The van der Waals surface area contributed by atoms with Crippen LogP contribution in [0.25, 0.3) is 10.8 Å². The molecule has 7 heteroatoms. The third-order valence-corrected chi connectivity index (χ3v) is 5.64. The minimum atomic E-state index is -0.214. The standard InChI is InChI=1S/C26H24N4O2S/c1-18-13-19(2)29-26(28-18)33-17-25(31)30-27-15-20-8-11-24(12-9-20)32-16-21-7-10-22-5-3-4-6-23(22)14-21/h3-15H,16-17H2,1-2H3,(H,30,31)/b27-15+. The van der Waals surface area contributed by atoms with E-state index in [1.807, 2.05) is 56.3 Å². The van der Waals surface area contributed by atoms with Crippen molar-refractivity contribution in [2.75, 3.05) is 5.75 Å². The molecule has 3 aromatic carbocycles. The van der Waals surface area contributed by atoms with Gasteiger partial charge in [-0.15, -0.1) is 0 Å². The monoisotopic (exact) mass is 456 g/mol. The number of benzene rings is 3. The number of ether oxygens (including phenoxy) is 1. The molecule has 1 N–H and O–H groups in total. The van der Waals surface area contributed by atoms with Gasteiger partial charge in [-0.05, 0) is 72.1 Å². The summed E-state index contributed by atoms with van der Waals surface area (Å²) in [7, 11) is 0. The largest absolute Gasteiger partial charge is 0.489 e. The van der Waals surface area contributed by atoms with Crippen LogP contribution in [0.3, 0.4) is 0 Å². The molecule has 4 rings (SSSR count). The van der Waals surface area contributed by atoms with Crippen molar-refractivity contribution in [3.05, 3.63) is 95.3 Å². The molecule has 0 spiro atoms. The second-order valence-corrected chi connectivity index (χ2v) is 8.50. The molecular formula is C26H24N4O2S. The van der Waals surface area contributed by atoms with E-state index in [9.17, 15) is 4.79 Å². The molecule has 0 aliphatic rings. The van der Waals surface area contributed by atoms with Crippen molar-refractivity contribution < 1.29 is 9.53 Å². The van der Waals surface area contributed by atoms with E-state index in [0.29, 0.717) is 11.8 Å². The quantitative estimate of drug-likeness (QED) is 0.173. The summed E-state index contributed by atoms with van der Waals surface area (Å²) < 4.78 is 5.90. The number of hydrogen-bond donors (Lipinski definition) is 1. The Morgan fingerprint density at radius 2 is 1.70 bits per heavy atom. The Hall–Kier alpha value is -3.71. The molecule has 0 radical (unpaired) electrons. The molecule has 1 aromatic heterocycles. The molecule has 4 aromatic rings. The number of aromatic nitrogens is 2. The van der Waals surface area contributed by atoms with Gasteiger partial charge in [0.2, 0.25) is 0 Å². The van der Waals surface area contributed by atoms with Crippen LogP contribution in [0.15, 0.2) is 83.1 Å². The Kier molecular flexibility index (Phi) is 7.32. The predicted molar refractivity (Wildman–Crippen MR) is 133 cm³/mol. The molecule has 33 heavy (non-hydrogen) atoms. The molecule has 0 fully saturated rings. The summed E-state index contributed by atoms with van der Waals surface area (Å²) in [6.45, 7) is 4.31. The maximum Gasteiger partial charge on any atom is 0.250 e. The number of hydrogen-bond acceptors (Lipinski definition) is 6. The van der Waals surface area contributed by atoms with Crippen molar-refractivity contribution in [3.63, 3.8) is 0 Å². The first-order valence-corrected chi connectivity index (χ1v) is 11.5. The Morgan fingerprint density at radius 1 is 0.970 bits per heavy atom. The minimum absolute atomic E-state index is 0.196. The van der Waals surface area contributed by atoms with Gasteiger partial charge in [-0.3, -0.25) is 4.79 Å². The molecule has 0 saturated carbocycles. The topological polar surface area (TPSA) is 76.5 Å². The van der Waals surface area contributed by atoms with E-state index in [0.717, 1.165) is 28.3 Å². The lowest BCUT2D eigenvalue weighted by Crippen LogP contribution is -2.19. The maximum absolute atomic E-state index is 12.0. The predicted octanol–water partition coefficient (Wildman–Crippen LogP) is 5.07. The Morgan fingerprint density at radius 3 is 2.45 bits per heavy atom. The Balaban J connectivity index is 1.24. The van der Waals surface area contributed by atoms with Gasteiger partial charge in [0.05, 0.1) is 12.0 Å². The van der Waals surface area contributed by atoms with Crippen molar-refractivity contribution in [2.45, 2.75) is 25.6 Å². The molecule has 0 aliphatic heterocycles. The number of carbonyl (C=O) groups excluding carboxylic acids is 1. The average molecular weight is 457 g/mol. The minimum Gasteiger partial charge on any atom is -0.489 e. The Labute approximate surface area is 197 Å². The fourth-order valence-corrected chi connectivity index (χ4v) is 3.99. The van der Waals surface area contributed by atoms with Crippen molar-refractivity contribution in [1.29, 1.82) is 0 Å². The van der Waals surface area contributed by atoms with Gasteiger partial charge in [0, 0.05) is 11.4 Å². The van der Waals surface area contributed by atoms with Gasteiger partial charge in [-0.2, -0.15) is 5.10 Å². The van der Waals surface area contributed by atoms with Gasteiger partial charge < -0.3 is 4.74 Å². The van der Waals surface area contributed by atoms with E-state index < -0.39 is 0 Å². The summed E-state index contributed by atoms with van der Waals surface area (Å²) in [6, 6.07) is 24.1. The molecule has 6 nitrogen and oxygen atoms in total. The van der Waals surface area contributed by atoms with Crippen molar-refractivity contribution >= 4 is 34.7 Å². The van der Waals surface area contributed by atoms with E-state index in [1.54, 1.807) is 6.21 Å². The number of carbonyl (C=O) groups is 1. The number of nitrogens with one attached hydrogen (secondary N) is 1. The zero-order valence-corrected chi connectivity index (χ0v) is 19.3. The van der Waals surface area contributed by atoms with Crippen LogP contribution in [-0.2, 0) is 11.4 Å². The maximum atomic E-state index is 12.0. The van der Waals surface area contributed by atoms with Crippen molar-refractivity contribution in [1.82, 2.24) is 15.4 Å². The highest BCUT2D eigenvalue weighted by atomic mass is 32.2. The first kappa shape index (κ1) is 22.5. The third kappa shape index (κ3) is 6.63. The first-order chi connectivity index (χ1) is 16.0. The Bertz CT molecular complexity index is 1270. The molecule has 166 valence electrons. The number of thioether (sulfide) groups is 1. The molecule has 0 saturated heterocycles. The van der Waals surface area contributed by atoms with Crippen molar-refractivity contribution in [3.8, 4) is 5.75 Å². The number of aryl methyl sites for hydroxylation is 2. The summed E-state index contributed by atoms with van der Waals surface area (Å²) in [5, 5.41) is 7.03. The zero-order valence-electron chi connectivity index (χ0n) is 18.5. The van der Waals surface area contributed by atoms with Crippen LogP contribution >= 0.6 is 11.8 Å². The summed E-state index contributed by atoms with van der Waals surface area (Å²) in [4.78, 5) is 20.6. The van der Waals surface area contributed by atoms with E-state index in [1.165, 1.54) is 22.5 Å². The molecule has 0 unspecified atom stereocenters. The van der Waals surface area contributed by atoms with Crippen LogP contribution in [0.2, 0.25) is 0 Å². The summed E-state index contributed by atoms with van der Waals surface area (Å²) >= 11 is 1.28. The van der Waals surface area contributed by atoms with Gasteiger partial charge in [-0.25, -0.2) is 15.4 Å². The van der Waals surface area contributed by atoms with Crippen LogP contribution in [0, 0.1) is 13.8 Å². The smallest absolute Gasteiger partial charge is 0.250 e. The molecular weight excluding hydrogens is 432 g/mol. The summed E-state index contributed by atoms with van der Waals surface area (Å²) in [5.41, 5.74) is 6.27.